The van der Waals surface area contributed by atoms with Gasteiger partial charge in [0.15, 0.2) is 0 Å². The third-order valence-corrected chi connectivity index (χ3v) is 7.81. The molecule has 0 bridgehead atoms. The number of nitrogens with zero attached hydrogens (tertiary/aromatic N) is 1. The summed E-state index contributed by atoms with van der Waals surface area (Å²) in [5, 5.41) is 30.3. The van der Waals surface area contributed by atoms with Gasteiger partial charge in [-0.3, -0.25) is 9.59 Å². The molecule has 0 saturated heterocycles. The van der Waals surface area contributed by atoms with Gasteiger partial charge >= 0.3 is 6.03 Å². The van der Waals surface area contributed by atoms with Gasteiger partial charge in [0, 0.05) is 50.6 Å². The van der Waals surface area contributed by atoms with Crippen molar-refractivity contribution >= 4 is 23.5 Å². The molecule has 4 amide bonds. The van der Waals surface area contributed by atoms with Gasteiger partial charge in [0.1, 0.15) is 11.8 Å². The largest absolute Gasteiger partial charge is 0.497 e. The number of β-amino-alcohol motifs (C(OH)–C–C–N with tert-alkyl or cyclic N) is 1. The van der Waals surface area contributed by atoms with Crippen molar-refractivity contribution in [2.75, 3.05) is 32.6 Å². The van der Waals surface area contributed by atoms with Gasteiger partial charge in [-0.2, -0.15) is 0 Å². The molecule has 1 aliphatic heterocycles. The van der Waals surface area contributed by atoms with E-state index in [1.165, 1.54) is 0 Å². The zero-order valence-corrected chi connectivity index (χ0v) is 26.2. The highest BCUT2D eigenvalue weighted by atomic mass is 16.5. The number of aliphatic hydroxyl groups is 2. The van der Waals surface area contributed by atoms with Crippen LogP contribution in [0, 0.1) is 0 Å². The van der Waals surface area contributed by atoms with Gasteiger partial charge in [0.2, 0.25) is 11.8 Å². The molecule has 6 N–H and O–H groups in total. The summed E-state index contributed by atoms with van der Waals surface area (Å²) >= 11 is 0. The molecule has 0 unspecified atom stereocenters. The van der Waals surface area contributed by atoms with Crippen molar-refractivity contribution in [2.45, 2.75) is 57.5 Å². The number of para-hydroxylation sites is 1. The second kappa shape index (κ2) is 15.0. The molecule has 240 valence electrons. The van der Waals surface area contributed by atoms with E-state index in [0.717, 1.165) is 27.8 Å². The van der Waals surface area contributed by atoms with Crippen LogP contribution in [-0.2, 0) is 29.1 Å². The molecule has 3 aromatic carbocycles. The lowest BCUT2D eigenvalue weighted by atomic mass is 9.98. The van der Waals surface area contributed by atoms with Crippen molar-refractivity contribution in [3.8, 4) is 16.9 Å². The Morgan fingerprint density at radius 3 is 2.49 bits per heavy atom. The molecular weight excluding hydrogens is 574 g/mol. The summed E-state index contributed by atoms with van der Waals surface area (Å²) in [5.41, 5.74) is 4.61. The van der Waals surface area contributed by atoms with Crippen LogP contribution in [0.25, 0.3) is 11.1 Å². The predicted molar refractivity (Wildman–Crippen MR) is 173 cm³/mol. The van der Waals surface area contributed by atoms with Gasteiger partial charge in [-0.1, -0.05) is 48.5 Å². The quantitative estimate of drug-likeness (QED) is 0.183. The highest BCUT2D eigenvalue weighted by molar-refractivity contribution is 5.94. The van der Waals surface area contributed by atoms with Gasteiger partial charge in [-0.05, 0) is 54.3 Å². The Bertz CT molecular complexity index is 1490. The van der Waals surface area contributed by atoms with E-state index < -0.39 is 17.7 Å². The predicted octanol–water partition coefficient (Wildman–Crippen LogP) is 2.79. The molecule has 0 aliphatic carbocycles. The second-order valence-electron chi connectivity index (χ2n) is 11.9. The summed E-state index contributed by atoms with van der Waals surface area (Å²) in [6.45, 7) is 4.12. The number of hydrogen-bond acceptors (Lipinski definition) is 7. The minimum Gasteiger partial charge on any atom is -0.497 e. The molecule has 1 heterocycles. The molecule has 11 heteroatoms. The summed E-state index contributed by atoms with van der Waals surface area (Å²) < 4.78 is 5.43. The average molecular weight is 618 g/mol. The lowest BCUT2D eigenvalue weighted by Crippen LogP contribution is -2.51. The van der Waals surface area contributed by atoms with Gasteiger partial charge in [0.25, 0.3) is 0 Å². The van der Waals surface area contributed by atoms with Crippen molar-refractivity contribution in [3.05, 3.63) is 83.4 Å². The monoisotopic (exact) mass is 617 g/mol. The second-order valence-corrected chi connectivity index (χ2v) is 11.9. The number of anilines is 1. The summed E-state index contributed by atoms with van der Waals surface area (Å²) in [5.74, 6) is 0.183. The molecule has 0 spiro atoms. The van der Waals surface area contributed by atoms with E-state index in [2.05, 4.69) is 21.3 Å². The van der Waals surface area contributed by atoms with Crippen molar-refractivity contribution in [1.82, 2.24) is 20.9 Å². The summed E-state index contributed by atoms with van der Waals surface area (Å²) in [6.07, 6.45) is -0.546. The van der Waals surface area contributed by atoms with Crippen molar-refractivity contribution in [1.29, 1.82) is 0 Å². The number of ether oxygens (including phenoxy) is 1. The van der Waals surface area contributed by atoms with E-state index >= 15 is 0 Å². The van der Waals surface area contributed by atoms with E-state index in [9.17, 15) is 19.5 Å². The summed E-state index contributed by atoms with van der Waals surface area (Å²) in [7, 11) is 3.15. The molecule has 0 fully saturated rings. The molecule has 0 radical (unpaired) electrons. The molecule has 11 nitrogen and oxygen atoms in total. The fourth-order valence-electron chi connectivity index (χ4n) is 5.34. The third kappa shape index (κ3) is 9.04. The Balaban J connectivity index is 1.53. The van der Waals surface area contributed by atoms with E-state index in [-0.39, 0.29) is 37.4 Å². The Morgan fingerprint density at radius 2 is 1.80 bits per heavy atom. The summed E-state index contributed by atoms with van der Waals surface area (Å²) in [4.78, 5) is 40.8. The Kier molecular flexibility index (Phi) is 11.2. The first kappa shape index (κ1) is 33.4. The van der Waals surface area contributed by atoms with E-state index in [1.807, 2.05) is 80.6 Å². The molecule has 45 heavy (non-hydrogen) atoms. The van der Waals surface area contributed by atoms with Crippen LogP contribution >= 0.6 is 0 Å². The topological polar surface area (TPSA) is 152 Å². The SMILES string of the molecule is CNC(=O)Nc1ccccc1-c1ccc(CN2Cc3ccc(OC)cc3C[C@@H](NC(=O)CC(C)(C)NC[C@H](O)CO)C2=O)cc1. The van der Waals surface area contributed by atoms with Crippen LogP contribution in [0.1, 0.15) is 37.0 Å². The maximum atomic E-state index is 13.9. The standard InChI is InChI=1S/C34H43N5O6/c1-34(2,36-18-26(41)21-40)17-31(42)37-30-16-25-15-27(45-4)14-13-24(25)20-39(32(30)43)19-22-9-11-23(12-10-22)28-7-5-6-8-29(28)38-33(44)35-3/h5-15,26,30,36,40-41H,16-21H2,1-4H3,(H,37,42)(H2,35,38,44)/t26-,30+/m0/s1. The maximum absolute atomic E-state index is 13.9. The minimum atomic E-state index is -0.932. The fraction of sp³-hybridized carbons (Fsp3) is 0.382. The number of urea groups is 1. The number of amides is 4. The van der Waals surface area contributed by atoms with E-state index in [4.69, 9.17) is 9.84 Å². The van der Waals surface area contributed by atoms with Crippen LogP contribution in [0.4, 0.5) is 10.5 Å². The molecule has 4 rings (SSSR count). The zero-order chi connectivity index (χ0) is 32.6. The zero-order valence-electron chi connectivity index (χ0n) is 26.2. The number of methoxy groups -OCH3 is 1. The number of benzene rings is 3. The van der Waals surface area contributed by atoms with E-state index in [0.29, 0.717) is 30.9 Å². The number of rotatable bonds is 12. The van der Waals surface area contributed by atoms with Gasteiger partial charge in [0.05, 0.1) is 25.5 Å². The average Bonchev–Trinajstić information content (AvgIpc) is 3.15. The Morgan fingerprint density at radius 1 is 1.07 bits per heavy atom. The van der Waals surface area contributed by atoms with Crippen LogP contribution in [-0.4, -0.2) is 78.0 Å². The van der Waals surface area contributed by atoms with Crippen LogP contribution in [0.15, 0.2) is 66.7 Å². The maximum Gasteiger partial charge on any atom is 0.318 e. The molecule has 1 aliphatic rings. The first-order valence-corrected chi connectivity index (χ1v) is 15.0. The Labute approximate surface area is 264 Å². The minimum absolute atomic E-state index is 0.0671. The third-order valence-electron chi connectivity index (χ3n) is 7.81. The van der Waals surface area contributed by atoms with Crippen LogP contribution in [0.5, 0.6) is 5.75 Å². The van der Waals surface area contributed by atoms with Crippen LogP contribution in [0.3, 0.4) is 0 Å². The number of carbonyl (C=O) groups is 3. The number of nitrogens with one attached hydrogen (secondary N) is 4. The van der Waals surface area contributed by atoms with Crippen LogP contribution in [0.2, 0.25) is 0 Å². The van der Waals surface area contributed by atoms with Crippen molar-refractivity contribution in [2.24, 2.45) is 0 Å². The smallest absolute Gasteiger partial charge is 0.318 e. The number of fused-ring (bicyclic) bond motifs is 1. The lowest BCUT2D eigenvalue weighted by Gasteiger charge is -2.29. The highest BCUT2D eigenvalue weighted by Crippen LogP contribution is 2.29. The number of carbonyl (C=O) groups excluding carboxylic acids is 3. The summed E-state index contributed by atoms with van der Waals surface area (Å²) in [6, 6.07) is 20.0. The number of aliphatic hydroxyl groups excluding tert-OH is 2. The molecule has 0 saturated carbocycles. The molecule has 3 aromatic rings. The molecule has 2 atom stereocenters. The van der Waals surface area contributed by atoms with Gasteiger partial charge in [-0.15, -0.1) is 0 Å². The van der Waals surface area contributed by atoms with Crippen molar-refractivity contribution < 1.29 is 29.3 Å². The van der Waals surface area contributed by atoms with Gasteiger partial charge < -0.3 is 41.1 Å². The van der Waals surface area contributed by atoms with Gasteiger partial charge in [-0.25, -0.2) is 4.79 Å². The molecular formula is C34H43N5O6. The Hall–Kier alpha value is -4.45. The molecule has 0 aromatic heterocycles. The fourth-order valence-corrected chi connectivity index (χ4v) is 5.34. The first-order chi connectivity index (χ1) is 21.5. The first-order valence-electron chi connectivity index (χ1n) is 15.0. The number of hydrogen-bond donors (Lipinski definition) is 6. The van der Waals surface area contributed by atoms with E-state index in [1.54, 1.807) is 19.1 Å². The highest BCUT2D eigenvalue weighted by Gasteiger charge is 2.32. The normalized spacial score (nSPS) is 15.5. The van der Waals surface area contributed by atoms with Crippen LogP contribution < -0.4 is 26.0 Å². The van der Waals surface area contributed by atoms with Crippen molar-refractivity contribution in [3.63, 3.8) is 0 Å². The lowest BCUT2D eigenvalue weighted by molar-refractivity contribution is -0.137.